The van der Waals surface area contributed by atoms with Gasteiger partial charge in [0.15, 0.2) is 0 Å². The van der Waals surface area contributed by atoms with Crippen molar-refractivity contribution in [3.8, 4) is 0 Å². The average molecular weight is 349 g/mol. The fourth-order valence-corrected chi connectivity index (χ4v) is 2.23. The quantitative estimate of drug-likeness (QED) is 0.734. The first-order chi connectivity index (χ1) is 11.4. The minimum Gasteiger partial charge on any atom is -0.376 e. The Labute approximate surface area is 137 Å². The monoisotopic (exact) mass is 349 g/mol. The molecule has 0 radical (unpaired) electrons. The molecule has 1 aromatic carbocycles. The molecule has 0 saturated carbocycles. The Hall–Kier alpha value is -1.67. The Balaban J connectivity index is 1.76. The van der Waals surface area contributed by atoms with Crippen molar-refractivity contribution < 1.29 is 31.8 Å². The normalized spacial score (nSPS) is 18.1. The van der Waals surface area contributed by atoms with Crippen molar-refractivity contribution >= 4 is 5.91 Å². The van der Waals surface area contributed by atoms with Crippen LogP contribution < -0.4 is 5.32 Å². The molecule has 8 heteroatoms. The highest BCUT2D eigenvalue weighted by molar-refractivity contribution is 5.94. The third-order valence-electron chi connectivity index (χ3n) is 3.61. The van der Waals surface area contributed by atoms with Crippen LogP contribution in [0.25, 0.3) is 0 Å². The van der Waals surface area contributed by atoms with Gasteiger partial charge in [0.2, 0.25) is 0 Å². The number of rotatable bonds is 8. The third-order valence-corrected chi connectivity index (χ3v) is 3.61. The van der Waals surface area contributed by atoms with Gasteiger partial charge in [-0.3, -0.25) is 4.79 Å². The van der Waals surface area contributed by atoms with E-state index in [0.717, 1.165) is 12.8 Å². The first-order valence-electron chi connectivity index (χ1n) is 7.61. The highest BCUT2D eigenvalue weighted by atomic mass is 19.3. The zero-order valence-corrected chi connectivity index (χ0v) is 12.9. The molecule has 1 saturated heterocycles. The predicted octanol–water partition coefficient (Wildman–Crippen LogP) is 3.01. The van der Waals surface area contributed by atoms with Gasteiger partial charge in [0.1, 0.15) is 6.61 Å². The molecule has 0 unspecified atom stereocenters. The molecule has 1 N–H and O–H groups in total. The first-order valence-corrected chi connectivity index (χ1v) is 7.61. The van der Waals surface area contributed by atoms with E-state index in [9.17, 15) is 22.4 Å². The van der Waals surface area contributed by atoms with Crippen LogP contribution >= 0.6 is 0 Å². The maximum atomic E-state index is 12.7. The fourth-order valence-electron chi connectivity index (χ4n) is 2.23. The second kappa shape index (κ2) is 8.43. The standard InChI is InChI=1S/C16H19F4NO3/c17-15(18)16(19,20)10-23-9-11-3-5-12(6-4-11)14(22)21-8-13-2-1-7-24-13/h3-6,13,15H,1-2,7-10H2,(H,21,22)/t13-/m0/s1. The van der Waals surface area contributed by atoms with Gasteiger partial charge >= 0.3 is 12.3 Å². The van der Waals surface area contributed by atoms with E-state index in [1.165, 1.54) is 24.3 Å². The second-order valence-corrected chi connectivity index (χ2v) is 5.60. The predicted molar refractivity (Wildman–Crippen MR) is 78.4 cm³/mol. The highest BCUT2D eigenvalue weighted by Gasteiger charge is 2.40. The van der Waals surface area contributed by atoms with Crippen molar-refractivity contribution in [3.05, 3.63) is 35.4 Å². The molecule has 1 heterocycles. The molecular formula is C16H19F4NO3. The molecule has 2 rings (SSSR count). The van der Waals surface area contributed by atoms with E-state index in [1.54, 1.807) is 0 Å². The van der Waals surface area contributed by atoms with Crippen molar-refractivity contribution in [2.24, 2.45) is 0 Å². The fraction of sp³-hybridized carbons (Fsp3) is 0.562. The Kier molecular flexibility index (Phi) is 6.56. The minimum absolute atomic E-state index is 0.0399. The molecule has 0 aliphatic carbocycles. The highest BCUT2D eigenvalue weighted by Crippen LogP contribution is 2.23. The lowest BCUT2D eigenvalue weighted by Crippen LogP contribution is -2.32. The van der Waals surface area contributed by atoms with Crippen molar-refractivity contribution in [1.29, 1.82) is 0 Å². The molecular weight excluding hydrogens is 330 g/mol. The van der Waals surface area contributed by atoms with Gasteiger partial charge in [0, 0.05) is 18.7 Å². The van der Waals surface area contributed by atoms with Gasteiger partial charge in [-0.2, -0.15) is 8.78 Å². The van der Waals surface area contributed by atoms with Gasteiger partial charge in [0.25, 0.3) is 5.91 Å². The number of carbonyl (C=O) groups excluding carboxylic acids is 1. The van der Waals surface area contributed by atoms with Gasteiger partial charge < -0.3 is 14.8 Å². The van der Waals surface area contributed by atoms with Crippen LogP contribution in [0.2, 0.25) is 0 Å². The van der Waals surface area contributed by atoms with Crippen molar-refractivity contribution in [2.45, 2.75) is 37.9 Å². The minimum atomic E-state index is -4.16. The van der Waals surface area contributed by atoms with Crippen molar-refractivity contribution in [3.63, 3.8) is 0 Å². The van der Waals surface area contributed by atoms with Gasteiger partial charge in [-0.15, -0.1) is 0 Å². The van der Waals surface area contributed by atoms with Gasteiger partial charge in [-0.05, 0) is 30.5 Å². The summed E-state index contributed by atoms with van der Waals surface area (Å²) >= 11 is 0. The SMILES string of the molecule is O=C(NC[C@@H]1CCCO1)c1ccc(COCC(F)(F)C(F)F)cc1. The first kappa shape index (κ1) is 18.7. The molecule has 0 bridgehead atoms. The summed E-state index contributed by atoms with van der Waals surface area (Å²) < 4.78 is 59.4. The summed E-state index contributed by atoms with van der Waals surface area (Å²) in [6.45, 7) is -0.444. The maximum Gasteiger partial charge on any atom is 0.330 e. The van der Waals surface area contributed by atoms with Crippen LogP contribution in [-0.2, 0) is 16.1 Å². The van der Waals surface area contributed by atoms with Gasteiger partial charge in [0.05, 0.1) is 12.7 Å². The Morgan fingerprint density at radius 3 is 2.62 bits per heavy atom. The van der Waals surface area contributed by atoms with Crippen LogP contribution in [0.15, 0.2) is 24.3 Å². The zero-order chi connectivity index (χ0) is 17.6. The lowest BCUT2D eigenvalue weighted by molar-refractivity contribution is -0.168. The van der Waals surface area contributed by atoms with Gasteiger partial charge in [-0.25, -0.2) is 8.78 Å². The summed E-state index contributed by atoms with van der Waals surface area (Å²) in [7, 11) is 0. The number of ether oxygens (including phenoxy) is 2. The summed E-state index contributed by atoms with van der Waals surface area (Å²) in [5.74, 6) is -4.43. The number of benzene rings is 1. The number of halogens is 4. The van der Waals surface area contributed by atoms with Crippen LogP contribution in [0.5, 0.6) is 0 Å². The number of amides is 1. The van der Waals surface area contributed by atoms with Crippen LogP contribution in [0, 0.1) is 0 Å². The zero-order valence-electron chi connectivity index (χ0n) is 12.9. The van der Waals surface area contributed by atoms with Gasteiger partial charge in [-0.1, -0.05) is 12.1 Å². The molecule has 1 aromatic rings. The molecule has 24 heavy (non-hydrogen) atoms. The van der Waals surface area contributed by atoms with E-state index in [4.69, 9.17) is 4.74 Å². The van der Waals surface area contributed by atoms with E-state index < -0.39 is 19.0 Å². The summed E-state index contributed by atoms with van der Waals surface area (Å²) in [4.78, 5) is 12.0. The van der Waals surface area contributed by atoms with Crippen LogP contribution in [-0.4, -0.2) is 44.1 Å². The van der Waals surface area contributed by atoms with E-state index in [2.05, 4.69) is 10.1 Å². The van der Waals surface area contributed by atoms with Crippen molar-refractivity contribution in [2.75, 3.05) is 19.8 Å². The lowest BCUT2D eigenvalue weighted by Gasteiger charge is -2.15. The summed E-state index contributed by atoms with van der Waals surface area (Å²) in [6.07, 6.45) is -1.81. The number of nitrogens with one attached hydrogen (secondary N) is 1. The van der Waals surface area contributed by atoms with Crippen LogP contribution in [0.3, 0.4) is 0 Å². The Bertz CT molecular complexity index is 531. The topological polar surface area (TPSA) is 47.6 Å². The smallest absolute Gasteiger partial charge is 0.330 e. The molecule has 1 fully saturated rings. The average Bonchev–Trinajstić information content (AvgIpc) is 3.06. The Morgan fingerprint density at radius 1 is 1.33 bits per heavy atom. The molecule has 1 atom stereocenters. The summed E-state index contributed by atoms with van der Waals surface area (Å²) in [5.41, 5.74) is 0.922. The molecule has 1 amide bonds. The maximum absolute atomic E-state index is 12.7. The summed E-state index contributed by atoms with van der Waals surface area (Å²) in [6, 6.07) is 6.10. The van der Waals surface area contributed by atoms with E-state index in [-0.39, 0.29) is 18.6 Å². The van der Waals surface area contributed by atoms with Crippen LogP contribution in [0.1, 0.15) is 28.8 Å². The van der Waals surface area contributed by atoms with Crippen LogP contribution in [0.4, 0.5) is 17.6 Å². The molecule has 1 aliphatic heterocycles. The number of alkyl halides is 4. The van der Waals surface area contributed by atoms with Crippen molar-refractivity contribution in [1.82, 2.24) is 5.32 Å². The number of carbonyl (C=O) groups is 1. The third kappa shape index (κ3) is 5.45. The summed E-state index contributed by atoms with van der Waals surface area (Å²) in [5, 5.41) is 2.76. The number of hydrogen-bond acceptors (Lipinski definition) is 3. The molecule has 0 spiro atoms. The second-order valence-electron chi connectivity index (χ2n) is 5.60. The lowest BCUT2D eigenvalue weighted by atomic mass is 10.1. The molecule has 1 aliphatic rings. The molecule has 0 aromatic heterocycles. The number of hydrogen-bond donors (Lipinski definition) is 1. The van der Waals surface area contributed by atoms with E-state index in [0.29, 0.717) is 24.3 Å². The molecule has 134 valence electrons. The van der Waals surface area contributed by atoms with E-state index in [1.807, 2.05) is 0 Å². The Morgan fingerprint density at radius 2 is 2.04 bits per heavy atom. The van der Waals surface area contributed by atoms with E-state index >= 15 is 0 Å². The largest absolute Gasteiger partial charge is 0.376 e. The molecule has 4 nitrogen and oxygen atoms in total.